The van der Waals surface area contributed by atoms with Crippen LogP contribution in [0.1, 0.15) is 40.0 Å². The fourth-order valence-electron chi connectivity index (χ4n) is 7.08. The summed E-state index contributed by atoms with van der Waals surface area (Å²) < 4.78 is 23.1. The number of aromatic nitrogens is 2. The van der Waals surface area contributed by atoms with Gasteiger partial charge in [0.2, 0.25) is 5.88 Å². The van der Waals surface area contributed by atoms with Crippen molar-refractivity contribution in [3.63, 3.8) is 0 Å². The lowest BCUT2D eigenvalue weighted by Crippen LogP contribution is -2.36. The normalized spacial score (nSPS) is 13.1. The van der Waals surface area contributed by atoms with Crippen molar-refractivity contribution in [2.45, 2.75) is 32.6 Å². The van der Waals surface area contributed by atoms with E-state index in [1.165, 1.54) is 0 Å². The smallest absolute Gasteiger partial charge is 0.493 e. The summed E-state index contributed by atoms with van der Waals surface area (Å²) >= 11 is 0. The largest absolute Gasteiger partial charge is 0.512 e. The maximum Gasteiger partial charge on any atom is 0.512 e. The van der Waals surface area contributed by atoms with Crippen LogP contribution in [0.15, 0.2) is 84.9 Å². The zero-order chi connectivity index (χ0) is 36.0. The highest BCUT2D eigenvalue weighted by Gasteiger charge is 2.21. The lowest BCUT2D eigenvalue weighted by molar-refractivity contribution is 0.0690. The highest BCUT2D eigenvalue weighted by atomic mass is 16.7. The zero-order valence-electron chi connectivity index (χ0n) is 28.9. The number of hydrogen-bond acceptors (Lipinski definition) is 7. The van der Waals surface area contributed by atoms with Gasteiger partial charge < -0.3 is 44.0 Å². The molecule has 2 aromatic heterocycles. The molecule has 4 N–H and O–H groups in total. The molecule has 11 heteroatoms. The number of anilines is 1. The van der Waals surface area contributed by atoms with Crippen LogP contribution < -0.4 is 19.1 Å². The van der Waals surface area contributed by atoms with E-state index >= 15 is 0 Å². The van der Waals surface area contributed by atoms with E-state index in [4.69, 9.17) is 18.9 Å². The van der Waals surface area contributed by atoms with Gasteiger partial charge in [-0.1, -0.05) is 54.6 Å². The van der Waals surface area contributed by atoms with E-state index in [0.29, 0.717) is 63.6 Å². The van der Waals surface area contributed by atoms with Crippen LogP contribution in [0.2, 0.25) is 0 Å². The third-order valence-electron chi connectivity index (χ3n) is 9.37. The van der Waals surface area contributed by atoms with Crippen molar-refractivity contribution in [2.75, 3.05) is 44.4 Å². The van der Waals surface area contributed by atoms with E-state index in [1.807, 2.05) is 79.7 Å². The van der Waals surface area contributed by atoms with Crippen molar-refractivity contribution in [2.24, 2.45) is 0 Å². The summed E-state index contributed by atoms with van der Waals surface area (Å²) in [5, 5.41) is 21.1. The molecule has 0 aliphatic carbocycles. The first-order chi connectivity index (χ1) is 25.4. The summed E-state index contributed by atoms with van der Waals surface area (Å²) in [5.41, 5.74) is 7.50. The molecule has 1 aliphatic rings. The Hall–Kier alpha value is -5.94. The molecule has 1 saturated heterocycles. The molecule has 11 nitrogen and oxygen atoms in total. The molecule has 0 amide bonds. The molecule has 0 bridgehead atoms. The number of ether oxygens (including phenoxy) is 4. The molecule has 7 rings (SSSR count). The van der Waals surface area contributed by atoms with Gasteiger partial charge in [0, 0.05) is 57.8 Å². The molecule has 0 spiro atoms. The molecular formula is C41H41N3O8. The van der Waals surface area contributed by atoms with Gasteiger partial charge in [-0.3, -0.25) is 0 Å². The van der Waals surface area contributed by atoms with Gasteiger partial charge in [0.25, 0.3) is 0 Å². The number of aromatic amines is 2. The molecule has 52 heavy (non-hydrogen) atoms. The van der Waals surface area contributed by atoms with Crippen LogP contribution in [-0.4, -0.2) is 71.8 Å². The first-order valence-electron chi connectivity index (χ1n) is 17.5. The van der Waals surface area contributed by atoms with Gasteiger partial charge >= 0.3 is 12.1 Å². The summed E-state index contributed by atoms with van der Waals surface area (Å²) in [7, 11) is 0. The zero-order valence-corrected chi connectivity index (χ0v) is 28.9. The van der Waals surface area contributed by atoms with Crippen LogP contribution in [0, 0.1) is 6.92 Å². The maximum absolute atomic E-state index is 11.8. The number of benzene rings is 4. The van der Waals surface area contributed by atoms with Crippen molar-refractivity contribution in [1.82, 2.24) is 9.97 Å². The van der Waals surface area contributed by atoms with Gasteiger partial charge in [-0.25, -0.2) is 9.59 Å². The number of nitrogens with one attached hydrogen (secondary N) is 2. The van der Waals surface area contributed by atoms with Gasteiger partial charge in [0.1, 0.15) is 17.2 Å². The molecule has 0 atom stereocenters. The molecule has 0 saturated carbocycles. The Morgan fingerprint density at radius 2 is 1.42 bits per heavy atom. The van der Waals surface area contributed by atoms with Crippen molar-refractivity contribution < 1.29 is 38.7 Å². The van der Waals surface area contributed by atoms with Crippen LogP contribution in [0.4, 0.5) is 10.5 Å². The number of aromatic carboxylic acids is 1. The molecule has 1 fully saturated rings. The van der Waals surface area contributed by atoms with E-state index in [9.17, 15) is 19.8 Å². The van der Waals surface area contributed by atoms with Crippen molar-refractivity contribution in [3.05, 3.63) is 107 Å². The summed E-state index contributed by atoms with van der Waals surface area (Å²) in [4.78, 5) is 32.2. The Bertz CT molecular complexity index is 2220. The number of hydrogen-bond donors (Lipinski definition) is 4. The van der Waals surface area contributed by atoms with Gasteiger partial charge in [-0.05, 0) is 68.0 Å². The first-order valence-corrected chi connectivity index (χ1v) is 17.5. The highest BCUT2D eigenvalue weighted by Crippen LogP contribution is 2.39. The minimum Gasteiger partial charge on any atom is -0.493 e. The second-order valence-electron chi connectivity index (χ2n) is 12.9. The SMILES string of the molecule is Cc1cc(OCCCc2c(C(=O)O)[nH]c3ccccc23)cc(OCCCc2c(OC(=O)O)[nH]c3c(-c4ccccc4N4CCOCC4)cccc23)c1. The third-order valence-corrected chi connectivity index (χ3v) is 9.37. The number of para-hydroxylation sites is 3. The summed E-state index contributed by atoms with van der Waals surface area (Å²) in [5.74, 6) is 0.583. The lowest BCUT2D eigenvalue weighted by Gasteiger charge is -2.30. The van der Waals surface area contributed by atoms with Crippen molar-refractivity contribution in [3.8, 4) is 28.5 Å². The second kappa shape index (κ2) is 15.5. The quantitative estimate of drug-likeness (QED) is 0.0651. The van der Waals surface area contributed by atoms with Gasteiger partial charge in [0.05, 0.1) is 31.9 Å². The van der Waals surface area contributed by atoms with Crippen LogP contribution >= 0.6 is 0 Å². The van der Waals surface area contributed by atoms with Crippen molar-refractivity contribution >= 4 is 39.6 Å². The number of morpholine rings is 1. The molecule has 0 unspecified atom stereocenters. The van der Waals surface area contributed by atoms with Gasteiger partial charge in [0.15, 0.2) is 0 Å². The highest BCUT2D eigenvalue weighted by molar-refractivity contribution is 6.01. The van der Waals surface area contributed by atoms with Crippen LogP contribution in [0.5, 0.6) is 17.4 Å². The number of carboxylic acids is 1. The maximum atomic E-state index is 11.8. The topological polar surface area (TPSA) is 146 Å². The van der Waals surface area contributed by atoms with E-state index in [-0.39, 0.29) is 11.6 Å². The van der Waals surface area contributed by atoms with E-state index in [1.54, 1.807) is 0 Å². The summed E-state index contributed by atoms with van der Waals surface area (Å²) in [6.07, 6.45) is 0.953. The van der Waals surface area contributed by atoms with E-state index < -0.39 is 12.1 Å². The Labute approximate surface area is 300 Å². The predicted octanol–water partition coefficient (Wildman–Crippen LogP) is 8.24. The molecule has 6 aromatic rings. The Kier molecular flexibility index (Phi) is 10.3. The molecular weight excluding hydrogens is 662 g/mol. The van der Waals surface area contributed by atoms with E-state index in [2.05, 4.69) is 27.0 Å². The predicted molar refractivity (Wildman–Crippen MR) is 199 cm³/mol. The molecule has 4 aromatic carbocycles. The number of carboxylic acid groups (broad SMARTS) is 2. The fraction of sp³-hybridized carbons (Fsp3) is 0.268. The number of nitrogens with zero attached hydrogens (tertiary/aromatic N) is 1. The van der Waals surface area contributed by atoms with Crippen molar-refractivity contribution in [1.29, 1.82) is 0 Å². The molecule has 3 heterocycles. The number of H-pyrrole nitrogens is 2. The van der Waals surface area contributed by atoms with E-state index in [0.717, 1.165) is 68.4 Å². The Balaban J connectivity index is 1.01. The van der Waals surface area contributed by atoms with Crippen LogP contribution in [0.25, 0.3) is 32.9 Å². The number of aryl methyl sites for hydroxylation is 3. The Morgan fingerprint density at radius 3 is 2.15 bits per heavy atom. The standard InChI is InChI=1S/C41H41N3O8/c1-26-23-27(50-19-7-13-31-29-9-2-4-15-35(29)42-38(31)40(45)46)25-28(24-26)51-20-8-14-34-33-12-6-11-32(37(33)43-39(34)52-41(47)48)30-10-3-5-16-36(30)44-17-21-49-22-18-44/h2-6,9-12,15-16,23-25,42-43H,7-8,13-14,17-22H2,1H3,(H,45,46)(H,47,48). The Morgan fingerprint density at radius 1 is 0.769 bits per heavy atom. The van der Waals surface area contributed by atoms with Crippen LogP contribution in [-0.2, 0) is 17.6 Å². The van der Waals surface area contributed by atoms with Crippen LogP contribution in [0.3, 0.4) is 0 Å². The minimum atomic E-state index is -1.38. The number of carbonyl (C=O) groups is 2. The third kappa shape index (κ3) is 7.54. The van der Waals surface area contributed by atoms with Gasteiger partial charge in [-0.2, -0.15) is 0 Å². The average Bonchev–Trinajstić information content (AvgIpc) is 3.69. The summed E-state index contributed by atoms with van der Waals surface area (Å²) in [6, 6.07) is 27.6. The monoisotopic (exact) mass is 703 g/mol. The fourth-order valence-corrected chi connectivity index (χ4v) is 7.08. The molecule has 0 radical (unpaired) electrons. The number of rotatable bonds is 14. The number of fused-ring (bicyclic) bond motifs is 2. The minimum absolute atomic E-state index is 0.216. The average molecular weight is 704 g/mol. The summed E-state index contributed by atoms with van der Waals surface area (Å²) in [6.45, 7) is 5.71. The first kappa shape index (κ1) is 34.5. The molecule has 268 valence electrons. The lowest BCUT2D eigenvalue weighted by atomic mass is 9.98. The van der Waals surface area contributed by atoms with Gasteiger partial charge in [-0.15, -0.1) is 0 Å². The molecule has 1 aliphatic heterocycles. The second-order valence-corrected chi connectivity index (χ2v) is 12.9.